The number of hydrogen-bond donors (Lipinski definition) is 1. The van der Waals surface area contributed by atoms with E-state index < -0.39 is 0 Å². The third-order valence-corrected chi connectivity index (χ3v) is 4.98. The molecule has 0 unspecified atom stereocenters. The van der Waals surface area contributed by atoms with Gasteiger partial charge in [0.25, 0.3) is 0 Å². The fourth-order valence-corrected chi connectivity index (χ4v) is 3.36. The second-order valence-electron chi connectivity index (χ2n) is 7.04. The molecule has 158 valence electrons. The number of halogens is 1. The quantitative estimate of drug-likeness (QED) is 0.566. The lowest BCUT2D eigenvalue weighted by Crippen LogP contribution is -2.52. The molecule has 2 heterocycles. The van der Waals surface area contributed by atoms with Gasteiger partial charge >= 0.3 is 0 Å². The molecule has 2 aromatic rings. The normalized spacial score (nSPS) is 15.6. The molecule has 1 aromatic carbocycles. The molecule has 1 saturated heterocycles. The first kappa shape index (κ1) is 21.1. The standard InChI is InChI=1S/C21H30FN5O2/c1-4-17-13-18(29-25-17)14-24-21(23-5-2)27-10-8-26(9-11-27)15-16-6-7-20(28-3)19(22)12-16/h6-7,12-13H,4-5,8-11,14-15H2,1-3H3,(H,23,24). The van der Waals surface area contributed by atoms with Crippen LogP contribution < -0.4 is 10.1 Å². The Morgan fingerprint density at radius 2 is 2.03 bits per heavy atom. The van der Waals surface area contributed by atoms with Gasteiger partial charge in [-0.3, -0.25) is 4.90 Å². The zero-order valence-corrected chi connectivity index (χ0v) is 17.4. The van der Waals surface area contributed by atoms with E-state index >= 15 is 0 Å². The van der Waals surface area contributed by atoms with Crippen molar-refractivity contribution in [2.45, 2.75) is 33.4 Å². The molecular weight excluding hydrogens is 373 g/mol. The number of aromatic nitrogens is 1. The Balaban J connectivity index is 1.55. The van der Waals surface area contributed by atoms with Gasteiger partial charge < -0.3 is 19.5 Å². The lowest BCUT2D eigenvalue weighted by Gasteiger charge is -2.36. The highest BCUT2D eigenvalue weighted by Gasteiger charge is 2.20. The predicted octanol–water partition coefficient (Wildman–Crippen LogP) is 2.67. The molecule has 0 bridgehead atoms. The van der Waals surface area contributed by atoms with Crippen molar-refractivity contribution in [3.8, 4) is 5.75 Å². The van der Waals surface area contributed by atoms with Gasteiger partial charge in [-0.25, -0.2) is 9.38 Å². The number of nitrogens with one attached hydrogen (secondary N) is 1. The van der Waals surface area contributed by atoms with Crippen LogP contribution in [0.5, 0.6) is 5.75 Å². The van der Waals surface area contributed by atoms with Gasteiger partial charge in [0.1, 0.15) is 6.54 Å². The van der Waals surface area contributed by atoms with Gasteiger partial charge in [0.2, 0.25) is 0 Å². The zero-order valence-electron chi connectivity index (χ0n) is 17.4. The number of benzene rings is 1. The maximum atomic E-state index is 13.9. The molecule has 1 N–H and O–H groups in total. The molecule has 1 aliphatic heterocycles. The van der Waals surface area contributed by atoms with Crippen LogP contribution in [0.4, 0.5) is 4.39 Å². The summed E-state index contributed by atoms with van der Waals surface area (Å²) in [5.41, 5.74) is 1.90. The lowest BCUT2D eigenvalue weighted by molar-refractivity contribution is 0.172. The van der Waals surface area contributed by atoms with Crippen LogP contribution in [0.1, 0.15) is 30.9 Å². The van der Waals surface area contributed by atoms with Crippen molar-refractivity contribution in [1.29, 1.82) is 0 Å². The Labute approximate surface area is 171 Å². The van der Waals surface area contributed by atoms with E-state index in [0.29, 0.717) is 6.54 Å². The number of methoxy groups -OCH3 is 1. The Kier molecular flexibility index (Phi) is 7.46. The highest BCUT2D eigenvalue weighted by Crippen LogP contribution is 2.19. The van der Waals surface area contributed by atoms with Gasteiger partial charge in [-0.15, -0.1) is 0 Å². The smallest absolute Gasteiger partial charge is 0.194 e. The monoisotopic (exact) mass is 403 g/mol. The number of aryl methyl sites for hydroxylation is 1. The summed E-state index contributed by atoms with van der Waals surface area (Å²) >= 11 is 0. The van der Waals surface area contributed by atoms with E-state index in [-0.39, 0.29) is 11.6 Å². The first-order chi connectivity index (χ1) is 14.1. The van der Waals surface area contributed by atoms with E-state index in [1.807, 2.05) is 12.1 Å². The van der Waals surface area contributed by atoms with Crippen LogP contribution in [0.2, 0.25) is 0 Å². The van der Waals surface area contributed by atoms with Crippen LogP contribution in [-0.4, -0.2) is 60.7 Å². The summed E-state index contributed by atoms with van der Waals surface area (Å²) in [5, 5.41) is 7.38. The van der Waals surface area contributed by atoms with Gasteiger partial charge in [-0.05, 0) is 31.0 Å². The van der Waals surface area contributed by atoms with Crippen molar-refractivity contribution in [2.75, 3.05) is 39.8 Å². The minimum absolute atomic E-state index is 0.280. The molecule has 0 spiro atoms. The number of aliphatic imine (C=N–C) groups is 1. The summed E-state index contributed by atoms with van der Waals surface area (Å²) in [5.74, 6) is 1.63. The van der Waals surface area contributed by atoms with E-state index in [4.69, 9.17) is 14.3 Å². The molecule has 0 radical (unpaired) electrons. The van der Waals surface area contributed by atoms with Crippen molar-refractivity contribution >= 4 is 5.96 Å². The minimum Gasteiger partial charge on any atom is -0.494 e. The van der Waals surface area contributed by atoms with E-state index in [0.717, 1.165) is 68.7 Å². The predicted molar refractivity (Wildman–Crippen MR) is 110 cm³/mol. The Hall–Kier alpha value is -2.61. The van der Waals surface area contributed by atoms with Gasteiger partial charge in [0, 0.05) is 45.3 Å². The molecule has 1 aromatic heterocycles. The highest BCUT2D eigenvalue weighted by molar-refractivity contribution is 5.80. The SMILES string of the molecule is CCNC(=NCc1cc(CC)no1)N1CCN(Cc2ccc(OC)c(F)c2)CC1. The van der Waals surface area contributed by atoms with Crippen molar-refractivity contribution in [3.05, 3.63) is 47.1 Å². The first-order valence-electron chi connectivity index (χ1n) is 10.2. The molecule has 0 amide bonds. The average Bonchev–Trinajstić information content (AvgIpc) is 3.20. The number of guanidine groups is 1. The Bertz CT molecular complexity index is 815. The van der Waals surface area contributed by atoms with Crippen LogP contribution in [0, 0.1) is 5.82 Å². The van der Waals surface area contributed by atoms with Crippen LogP contribution in [0.25, 0.3) is 0 Å². The highest BCUT2D eigenvalue weighted by atomic mass is 19.1. The second-order valence-corrected chi connectivity index (χ2v) is 7.04. The summed E-state index contributed by atoms with van der Waals surface area (Å²) in [6, 6.07) is 7.11. The van der Waals surface area contributed by atoms with E-state index in [1.165, 1.54) is 7.11 Å². The maximum absolute atomic E-state index is 13.9. The second kappa shape index (κ2) is 10.2. The number of piperazine rings is 1. The summed E-state index contributed by atoms with van der Waals surface area (Å²) in [4.78, 5) is 9.29. The topological polar surface area (TPSA) is 66.1 Å². The molecule has 0 saturated carbocycles. The van der Waals surface area contributed by atoms with Crippen molar-refractivity contribution < 1.29 is 13.7 Å². The summed E-state index contributed by atoms with van der Waals surface area (Å²) in [7, 11) is 1.48. The molecular formula is C21H30FN5O2. The number of rotatable bonds is 7. The van der Waals surface area contributed by atoms with Gasteiger partial charge in [0.05, 0.1) is 12.8 Å². The molecule has 29 heavy (non-hydrogen) atoms. The van der Waals surface area contributed by atoms with Crippen LogP contribution in [-0.2, 0) is 19.5 Å². The Morgan fingerprint density at radius 3 is 2.66 bits per heavy atom. The largest absolute Gasteiger partial charge is 0.494 e. The number of ether oxygens (including phenoxy) is 1. The average molecular weight is 404 g/mol. The molecule has 3 rings (SSSR count). The number of nitrogens with zero attached hydrogens (tertiary/aromatic N) is 4. The molecule has 7 nitrogen and oxygen atoms in total. The Morgan fingerprint density at radius 1 is 1.24 bits per heavy atom. The lowest BCUT2D eigenvalue weighted by atomic mass is 10.2. The summed E-state index contributed by atoms with van der Waals surface area (Å²) in [6.07, 6.45) is 0.855. The van der Waals surface area contributed by atoms with Crippen molar-refractivity contribution in [1.82, 2.24) is 20.3 Å². The van der Waals surface area contributed by atoms with E-state index in [9.17, 15) is 4.39 Å². The fraction of sp³-hybridized carbons (Fsp3) is 0.524. The fourth-order valence-electron chi connectivity index (χ4n) is 3.36. The number of hydrogen-bond acceptors (Lipinski definition) is 5. The summed E-state index contributed by atoms with van der Waals surface area (Å²) < 4.78 is 24.2. The maximum Gasteiger partial charge on any atom is 0.194 e. The van der Waals surface area contributed by atoms with E-state index in [1.54, 1.807) is 12.1 Å². The third-order valence-electron chi connectivity index (χ3n) is 4.98. The van der Waals surface area contributed by atoms with Crippen LogP contribution in [0.3, 0.4) is 0 Å². The summed E-state index contributed by atoms with van der Waals surface area (Å²) in [6.45, 7) is 9.62. The van der Waals surface area contributed by atoms with Crippen molar-refractivity contribution in [2.24, 2.45) is 4.99 Å². The molecule has 1 fully saturated rings. The molecule has 0 aliphatic carbocycles. The van der Waals surface area contributed by atoms with Gasteiger partial charge in [-0.1, -0.05) is 18.1 Å². The molecule has 1 aliphatic rings. The van der Waals surface area contributed by atoms with Gasteiger partial charge in [-0.2, -0.15) is 0 Å². The first-order valence-corrected chi connectivity index (χ1v) is 10.2. The zero-order chi connectivity index (χ0) is 20.6. The minimum atomic E-state index is -0.316. The van der Waals surface area contributed by atoms with Crippen LogP contribution in [0.15, 0.2) is 33.8 Å². The van der Waals surface area contributed by atoms with Gasteiger partial charge in [0.15, 0.2) is 23.3 Å². The molecule has 0 atom stereocenters. The third kappa shape index (κ3) is 5.69. The molecule has 8 heteroatoms. The van der Waals surface area contributed by atoms with Crippen LogP contribution >= 0.6 is 0 Å². The van der Waals surface area contributed by atoms with E-state index in [2.05, 4.69) is 34.1 Å². The van der Waals surface area contributed by atoms with Crippen molar-refractivity contribution in [3.63, 3.8) is 0 Å².